The summed E-state index contributed by atoms with van der Waals surface area (Å²) in [4.78, 5) is 13.1. The Morgan fingerprint density at radius 2 is 1.30 bits per heavy atom. The Labute approximate surface area is 176 Å². The second-order valence-electron chi connectivity index (χ2n) is 7.29. The number of nitrogens with zero attached hydrogens (tertiary/aromatic N) is 5. The van der Waals surface area contributed by atoms with Crippen LogP contribution in [0, 0.1) is 6.92 Å². The molecule has 0 spiro atoms. The molecule has 1 aliphatic heterocycles. The van der Waals surface area contributed by atoms with Gasteiger partial charge in [-0.15, -0.1) is 0 Å². The van der Waals surface area contributed by atoms with Crippen LogP contribution in [0.3, 0.4) is 0 Å². The van der Waals surface area contributed by atoms with Crippen molar-refractivity contribution in [2.45, 2.75) is 19.8 Å². The molecule has 0 N–H and O–H groups in total. The van der Waals surface area contributed by atoms with Crippen molar-refractivity contribution in [1.82, 2.24) is 0 Å². The summed E-state index contributed by atoms with van der Waals surface area (Å²) < 4.78 is 0. The van der Waals surface area contributed by atoms with Gasteiger partial charge in [-0.2, -0.15) is 20.5 Å². The zero-order valence-electron chi connectivity index (χ0n) is 16.9. The minimum Gasteiger partial charge on any atom is -0.372 e. The van der Waals surface area contributed by atoms with E-state index in [1.165, 1.54) is 18.5 Å². The van der Waals surface area contributed by atoms with Gasteiger partial charge in [0.15, 0.2) is 0 Å². The molecule has 150 valence electrons. The van der Waals surface area contributed by atoms with E-state index in [1.807, 2.05) is 37.3 Å². The van der Waals surface area contributed by atoms with Gasteiger partial charge in [0.25, 0.3) is 0 Å². The first kappa shape index (κ1) is 19.6. The van der Waals surface area contributed by atoms with Crippen molar-refractivity contribution in [2.24, 2.45) is 20.5 Å². The Balaban J connectivity index is 1.42. The zero-order chi connectivity index (χ0) is 20.8. The van der Waals surface area contributed by atoms with Crippen molar-refractivity contribution in [3.05, 3.63) is 77.9 Å². The van der Waals surface area contributed by atoms with Crippen molar-refractivity contribution in [3.63, 3.8) is 0 Å². The van der Waals surface area contributed by atoms with E-state index < -0.39 is 0 Å². The molecule has 0 radical (unpaired) electrons. The minimum absolute atomic E-state index is 0.616. The molecule has 4 rings (SSSR count). The molecule has 0 bridgehead atoms. The zero-order valence-corrected chi connectivity index (χ0v) is 16.9. The van der Waals surface area contributed by atoms with E-state index in [2.05, 4.69) is 37.5 Å². The van der Waals surface area contributed by atoms with E-state index in [0.717, 1.165) is 42.0 Å². The molecule has 0 aromatic heterocycles. The molecule has 1 fully saturated rings. The maximum Gasteiger partial charge on any atom is 0.150 e. The molecule has 0 saturated carbocycles. The third kappa shape index (κ3) is 4.84. The van der Waals surface area contributed by atoms with Crippen molar-refractivity contribution in [2.75, 3.05) is 18.0 Å². The number of hydrogen-bond acceptors (Lipinski definition) is 6. The number of hydrogen-bond donors (Lipinski definition) is 0. The summed E-state index contributed by atoms with van der Waals surface area (Å²) in [6, 6.07) is 20.9. The van der Waals surface area contributed by atoms with Gasteiger partial charge < -0.3 is 4.90 Å². The number of azo groups is 2. The topological polar surface area (TPSA) is 69.8 Å². The van der Waals surface area contributed by atoms with Crippen LogP contribution in [0.1, 0.15) is 28.8 Å². The Hall–Kier alpha value is -3.67. The van der Waals surface area contributed by atoms with E-state index in [4.69, 9.17) is 0 Å². The van der Waals surface area contributed by atoms with Crippen LogP contribution >= 0.6 is 0 Å². The van der Waals surface area contributed by atoms with Crippen LogP contribution in [0.15, 0.2) is 87.2 Å². The SMILES string of the molecule is Cc1cc(/N=N/c2ccc(N3CCCC3)cc2)ccc1/N=N/c1ccc(C=O)cc1. The van der Waals surface area contributed by atoms with E-state index in [-0.39, 0.29) is 0 Å². The monoisotopic (exact) mass is 397 g/mol. The van der Waals surface area contributed by atoms with Gasteiger partial charge in [0.1, 0.15) is 6.29 Å². The number of carbonyl (C=O) groups excluding carboxylic acids is 1. The number of benzene rings is 3. The highest BCUT2D eigenvalue weighted by molar-refractivity contribution is 5.75. The lowest BCUT2D eigenvalue weighted by atomic mass is 10.2. The third-order valence-electron chi connectivity index (χ3n) is 5.08. The Morgan fingerprint density at radius 1 is 0.733 bits per heavy atom. The maximum absolute atomic E-state index is 10.7. The van der Waals surface area contributed by atoms with Crippen LogP contribution in [0.4, 0.5) is 28.4 Å². The van der Waals surface area contributed by atoms with Gasteiger partial charge in [-0.1, -0.05) is 0 Å². The Bertz CT molecular complexity index is 1070. The van der Waals surface area contributed by atoms with Crippen LogP contribution in [0.25, 0.3) is 0 Å². The first-order valence-electron chi connectivity index (χ1n) is 10.1. The van der Waals surface area contributed by atoms with Crippen LogP contribution in [0.2, 0.25) is 0 Å². The quantitative estimate of drug-likeness (QED) is 0.325. The number of aldehydes is 1. The molecule has 6 nitrogen and oxygen atoms in total. The molecular formula is C24H23N5O. The van der Waals surface area contributed by atoms with Crippen molar-refractivity contribution in [1.29, 1.82) is 0 Å². The number of carbonyl (C=O) groups is 1. The Kier molecular flexibility index (Phi) is 6.03. The molecule has 30 heavy (non-hydrogen) atoms. The third-order valence-corrected chi connectivity index (χ3v) is 5.08. The second kappa shape index (κ2) is 9.22. The minimum atomic E-state index is 0.616. The number of aryl methyl sites for hydroxylation is 1. The largest absolute Gasteiger partial charge is 0.372 e. The van der Waals surface area contributed by atoms with Gasteiger partial charge in [0.2, 0.25) is 0 Å². The van der Waals surface area contributed by atoms with E-state index >= 15 is 0 Å². The van der Waals surface area contributed by atoms with Crippen molar-refractivity contribution < 1.29 is 4.79 Å². The van der Waals surface area contributed by atoms with Gasteiger partial charge in [-0.05, 0) is 92.1 Å². The first-order chi connectivity index (χ1) is 14.7. The van der Waals surface area contributed by atoms with Gasteiger partial charge >= 0.3 is 0 Å². The molecule has 0 amide bonds. The number of anilines is 1. The summed E-state index contributed by atoms with van der Waals surface area (Å²) in [6.45, 7) is 4.23. The van der Waals surface area contributed by atoms with Crippen molar-refractivity contribution >= 4 is 34.7 Å². The maximum atomic E-state index is 10.7. The Morgan fingerprint density at radius 3 is 1.93 bits per heavy atom. The molecule has 0 atom stereocenters. The highest BCUT2D eigenvalue weighted by Crippen LogP contribution is 2.28. The molecule has 0 unspecified atom stereocenters. The lowest BCUT2D eigenvalue weighted by molar-refractivity contribution is 0.112. The van der Waals surface area contributed by atoms with Crippen LogP contribution < -0.4 is 4.90 Å². The summed E-state index contributed by atoms with van der Waals surface area (Å²) in [5.41, 5.74) is 5.89. The predicted octanol–water partition coefficient (Wildman–Crippen LogP) is 7.24. The van der Waals surface area contributed by atoms with E-state index in [0.29, 0.717) is 11.3 Å². The average molecular weight is 397 g/mol. The van der Waals surface area contributed by atoms with Crippen LogP contribution in [0.5, 0.6) is 0 Å². The van der Waals surface area contributed by atoms with E-state index in [9.17, 15) is 4.79 Å². The molecule has 6 heteroatoms. The fourth-order valence-corrected chi connectivity index (χ4v) is 3.37. The van der Waals surface area contributed by atoms with Gasteiger partial charge in [-0.25, -0.2) is 0 Å². The predicted molar refractivity (Wildman–Crippen MR) is 119 cm³/mol. The molecule has 1 saturated heterocycles. The molecule has 1 aliphatic rings. The van der Waals surface area contributed by atoms with Gasteiger partial charge in [-0.3, -0.25) is 4.79 Å². The lowest BCUT2D eigenvalue weighted by Crippen LogP contribution is -2.17. The molecule has 1 heterocycles. The van der Waals surface area contributed by atoms with Crippen LogP contribution in [-0.2, 0) is 0 Å². The summed E-state index contributed by atoms with van der Waals surface area (Å²) >= 11 is 0. The van der Waals surface area contributed by atoms with E-state index in [1.54, 1.807) is 24.3 Å². The smallest absolute Gasteiger partial charge is 0.150 e. The average Bonchev–Trinajstić information content (AvgIpc) is 3.33. The summed E-state index contributed by atoms with van der Waals surface area (Å²) in [6.07, 6.45) is 3.34. The first-order valence-corrected chi connectivity index (χ1v) is 10.1. The highest BCUT2D eigenvalue weighted by atomic mass is 16.1. The lowest BCUT2D eigenvalue weighted by Gasteiger charge is -2.17. The fourth-order valence-electron chi connectivity index (χ4n) is 3.37. The van der Waals surface area contributed by atoms with Gasteiger partial charge in [0.05, 0.1) is 22.7 Å². The van der Waals surface area contributed by atoms with Gasteiger partial charge in [0, 0.05) is 24.3 Å². The molecular weight excluding hydrogens is 374 g/mol. The fraction of sp³-hybridized carbons (Fsp3) is 0.208. The number of rotatable bonds is 6. The highest BCUT2D eigenvalue weighted by Gasteiger charge is 2.11. The normalized spacial score (nSPS) is 14.1. The standard InChI is InChI=1S/C24H23N5O/c1-18-16-22(10-13-24(18)28-26-20-6-4-19(17-30)5-7-20)27-25-21-8-11-23(12-9-21)29-14-2-3-15-29/h4-13,16-17H,2-3,14-15H2,1H3/b27-25+,28-26+. The molecule has 0 aliphatic carbocycles. The summed E-state index contributed by atoms with van der Waals surface area (Å²) in [5.74, 6) is 0. The molecule has 3 aromatic carbocycles. The summed E-state index contributed by atoms with van der Waals surface area (Å²) in [7, 11) is 0. The van der Waals surface area contributed by atoms with Crippen molar-refractivity contribution in [3.8, 4) is 0 Å². The molecule has 3 aromatic rings. The van der Waals surface area contributed by atoms with Crippen LogP contribution in [-0.4, -0.2) is 19.4 Å². The summed E-state index contributed by atoms with van der Waals surface area (Å²) in [5, 5.41) is 17.2. The second-order valence-corrected chi connectivity index (χ2v) is 7.29.